The van der Waals surface area contributed by atoms with Crippen LogP contribution >= 0.6 is 0 Å². The highest BCUT2D eigenvalue weighted by Crippen LogP contribution is 2.39. The van der Waals surface area contributed by atoms with Gasteiger partial charge >= 0.3 is 0 Å². The highest BCUT2D eigenvalue weighted by atomic mass is 16.5. The zero-order valence-corrected chi connectivity index (χ0v) is 17.3. The predicted octanol–water partition coefficient (Wildman–Crippen LogP) is 4.58. The van der Waals surface area contributed by atoms with E-state index in [0.29, 0.717) is 28.1 Å². The van der Waals surface area contributed by atoms with Gasteiger partial charge in [0.15, 0.2) is 11.6 Å². The summed E-state index contributed by atoms with van der Waals surface area (Å²) in [7, 11) is 1.45. The fraction of sp³-hybridized carbons (Fsp3) is 0.115. The van der Waals surface area contributed by atoms with Crippen molar-refractivity contribution < 1.29 is 19.1 Å². The van der Waals surface area contributed by atoms with Crippen LogP contribution < -0.4 is 9.64 Å². The summed E-state index contributed by atoms with van der Waals surface area (Å²) in [5.41, 5.74) is 2.57. The molecule has 0 bridgehead atoms. The molecule has 0 unspecified atom stereocenters. The first-order chi connectivity index (χ1) is 14.9. The van der Waals surface area contributed by atoms with E-state index in [1.165, 1.54) is 12.0 Å². The molecule has 0 spiro atoms. The molecule has 4 rings (SSSR count). The lowest BCUT2D eigenvalue weighted by molar-refractivity contribution is -0.115. The SMILES string of the molecule is C=C(C)C(=O)N(Cc1ccccc1)c1ccc(OC)c2c1C(=O)c1ccccc1C2=O. The van der Waals surface area contributed by atoms with Gasteiger partial charge in [0.25, 0.3) is 5.91 Å². The summed E-state index contributed by atoms with van der Waals surface area (Å²) in [6, 6.07) is 19.4. The highest BCUT2D eigenvalue weighted by molar-refractivity contribution is 6.31. The van der Waals surface area contributed by atoms with Gasteiger partial charge in [-0.1, -0.05) is 61.2 Å². The van der Waals surface area contributed by atoms with Crippen LogP contribution in [0.25, 0.3) is 0 Å². The minimum atomic E-state index is -0.324. The van der Waals surface area contributed by atoms with Crippen molar-refractivity contribution in [1.82, 2.24) is 0 Å². The second kappa shape index (κ2) is 8.03. The largest absolute Gasteiger partial charge is 0.496 e. The number of nitrogens with zero attached hydrogens (tertiary/aromatic N) is 1. The molecule has 0 heterocycles. The van der Waals surface area contributed by atoms with Crippen molar-refractivity contribution in [3.05, 3.63) is 107 Å². The van der Waals surface area contributed by atoms with Gasteiger partial charge in [0.2, 0.25) is 0 Å². The Balaban J connectivity index is 1.95. The first-order valence-electron chi connectivity index (χ1n) is 9.84. The van der Waals surface area contributed by atoms with Crippen molar-refractivity contribution in [1.29, 1.82) is 0 Å². The first kappa shape index (κ1) is 20.3. The number of methoxy groups -OCH3 is 1. The molecule has 3 aromatic carbocycles. The van der Waals surface area contributed by atoms with Crippen LogP contribution in [0.4, 0.5) is 5.69 Å². The summed E-state index contributed by atoms with van der Waals surface area (Å²) in [5.74, 6) is -0.637. The lowest BCUT2D eigenvalue weighted by Crippen LogP contribution is -2.34. The van der Waals surface area contributed by atoms with Crippen LogP contribution in [-0.2, 0) is 11.3 Å². The average molecular weight is 411 g/mol. The monoisotopic (exact) mass is 411 g/mol. The van der Waals surface area contributed by atoms with E-state index in [4.69, 9.17) is 4.74 Å². The maximum Gasteiger partial charge on any atom is 0.253 e. The quantitative estimate of drug-likeness (QED) is 0.451. The normalized spacial score (nSPS) is 12.1. The standard InChI is InChI=1S/C26H21NO4/c1-16(2)26(30)27(15-17-9-5-4-6-10-17)20-13-14-21(31-3)23-22(20)24(28)18-11-7-8-12-19(18)25(23)29/h4-14H,1,15H2,2-3H3. The zero-order chi connectivity index (χ0) is 22.1. The Morgan fingerprint density at radius 1 is 0.871 bits per heavy atom. The molecule has 5 heteroatoms. The molecule has 31 heavy (non-hydrogen) atoms. The van der Waals surface area contributed by atoms with E-state index >= 15 is 0 Å². The summed E-state index contributed by atoms with van der Waals surface area (Å²) >= 11 is 0. The maximum atomic E-state index is 13.5. The van der Waals surface area contributed by atoms with E-state index in [0.717, 1.165) is 5.56 Å². The van der Waals surface area contributed by atoms with Crippen LogP contribution in [0.2, 0.25) is 0 Å². The smallest absolute Gasteiger partial charge is 0.253 e. The van der Waals surface area contributed by atoms with Crippen molar-refractivity contribution in [2.45, 2.75) is 13.5 Å². The Morgan fingerprint density at radius 2 is 1.45 bits per heavy atom. The van der Waals surface area contributed by atoms with Crippen LogP contribution in [0, 0.1) is 0 Å². The van der Waals surface area contributed by atoms with Gasteiger partial charge in [0, 0.05) is 16.7 Å². The third-order valence-electron chi connectivity index (χ3n) is 5.32. The number of fused-ring (bicyclic) bond motifs is 2. The van der Waals surface area contributed by atoms with Gasteiger partial charge in [-0.2, -0.15) is 0 Å². The molecule has 154 valence electrons. The molecular formula is C26H21NO4. The summed E-state index contributed by atoms with van der Waals surface area (Å²) in [6.45, 7) is 5.65. The second-order valence-electron chi connectivity index (χ2n) is 7.40. The van der Waals surface area contributed by atoms with Crippen LogP contribution in [0.1, 0.15) is 44.3 Å². The van der Waals surface area contributed by atoms with Crippen LogP contribution in [0.3, 0.4) is 0 Å². The third-order valence-corrected chi connectivity index (χ3v) is 5.32. The van der Waals surface area contributed by atoms with Crippen molar-refractivity contribution in [2.24, 2.45) is 0 Å². The molecule has 0 aliphatic heterocycles. The van der Waals surface area contributed by atoms with Crippen molar-refractivity contribution in [2.75, 3.05) is 12.0 Å². The van der Waals surface area contributed by atoms with E-state index in [1.54, 1.807) is 43.3 Å². The summed E-state index contributed by atoms with van der Waals surface area (Å²) in [5, 5.41) is 0. The molecule has 0 saturated carbocycles. The average Bonchev–Trinajstić information content (AvgIpc) is 2.80. The van der Waals surface area contributed by atoms with Gasteiger partial charge in [-0.25, -0.2) is 0 Å². The minimum Gasteiger partial charge on any atom is -0.496 e. The molecule has 0 N–H and O–H groups in total. The third kappa shape index (κ3) is 3.44. The van der Waals surface area contributed by atoms with Gasteiger partial charge in [0.05, 0.1) is 30.5 Å². The Kier molecular flexibility index (Phi) is 5.26. The topological polar surface area (TPSA) is 63.7 Å². The number of carbonyl (C=O) groups excluding carboxylic acids is 3. The van der Waals surface area contributed by atoms with Crippen molar-refractivity contribution in [3.63, 3.8) is 0 Å². The fourth-order valence-electron chi connectivity index (χ4n) is 3.83. The summed E-state index contributed by atoms with van der Waals surface area (Å²) in [6.07, 6.45) is 0. The number of rotatable bonds is 5. The zero-order valence-electron chi connectivity index (χ0n) is 17.3. The highest BCUT2D eigenvalue weighted by Gasteiger charge is 2.36. The Morgan fingerprint density at radius 3 is 2.03 bits per heavy atom. The minimum absolute atomic E-state index is 0.175. The van der Waals surface area contributed by atoms with E-state index in [-0.39, 0.29) is 35.1 Å². The van der Waals surface area contributed by atoms with Crippen LogP contribution in [-0.4, -0.2) is 24.6 Å². The number of ketones is 2. The van der Waals surface area contributed by atoms with Gasteiger partial charge in [-0.05, 0) is 24.6 Å². The number of carbonyl (C=O) groups is 3. The lowest BCUT2D eigenvalue weighted by atomic mass is 9.82. The molecule has 0 fully saturated rings. The van der Waals surface area contributed by atoms with Gasteiger partial charge in [-0.3, -0.25) is 14.4 Å². The number of amides is 1. The molecular weight excluding hydrogens is 390 g/mol. The summed E-state index contributed by atoms with van der Waals surface area (Å²) in [4.78, 5) is 41.5. The maximum absolute atomic E-state index is 13.5. The molecule has 0 saturated heterocycles. The number of hydrogen-bond donors (Lipinski definition) is 0. The van der Waals surface area contributed by atoms with Crippen LogP contribution in [0.15, 0.2) is 78.9 Å². The fourth-order valence-corrected chi connectivity index (χ4v) is 3.83. The van der Waals surface area contributed by atoms with Crippen molar-refractivity contribution >= 4 is 23.2 Å². The van der Waals surface area contributed by atoms with E-state index in [1.807, 2.05) is 30.3 Å². The molecule has 5 nitrogen and oxygen atoms in total. The molecule has 1 aliphatic rings. The van der Waals surface area contributed by atoms with E-state index in [9.17, 15) is 14.4 Å². The van der Waals surface area contributed by atoms with E-state index in [2.05, 4.69) is 6.58 Å². The molecule has 3 aromatic rings. The first-order valence-corrected chi connectivity index (χ1v) is 9.84. The van der Waals surface area contributed by atoms with Gasteiger partial charge in [0.1, 0.15) is 5.75 Å². The number of ether oxygens (including phenoxy) is 1. The molecule has 0 atom stereocenters. The lowest BCUT2D eigenvalue weighted by Gasteiger charge is -2.29. The Bertz CT molecular complexity index is 1230. The van der Waals surface area contributed by atoms with E-state index < -0.39 is 0 Å². The number of benzene rings is 3. The predicted molar refractivity (Wildman–Crippen MR) is 119 cm³/mol. The Labute approximate surface area is 180 Å². The van der Waals surface area contributed by atoms with Crippen molar-refractivity contribution in [3.8, 4) is 5.75 Å². The molecule has 1 aliphatic carbocycles. The second-order valence-corrected chi connectivity index (χ2v) is 7.40. The van der Waals surface area contributed by atoms with Crippen LogP contribution in [0.5, 0.6) is 5.75 Å². The van der Waals surface area contributed by atoms with Gasteiger partial charge < -0.3 is 9.64 Å². The molecule has 0 aromatic heterocycles. The van der Waals surface area contributed by atoms with Gasteiger partial charge in [-0.15, -0.1) is 0 Å². The summed E-state index contributed by atoms with van der Waals surface area (Å²) < 4.78 is 5.41. The Hall–Kier alpha value is -3.99. The molecule has 0 radical (unpaired) electrons. The molecule has 1 amide bonds. The number of anilines is 1. The number of hydrogen-bond acceptors (Lipinski definition) is 4.